The number of piperidine rings is 1. The average molecular weight is 289 g/mol. The monoisotopic (exact) mass is 289 g/mol. The molecule has 2 aromatic rings. The minimum atomic E-state index is -0.405. The zero-order valence-corrected chi connectivity index (χ0v) is 12.4. The first-order valence-corrected chi connectivity index (χ1v) is 7.38. The first-order chi connectivity index (χ1) is 10.1. The minimum absolute atomic E-state index is 0.239. The van der Waals surface area contributed by atoms with Gasteiger partial charge in [0.25, 0.3) is 0 Å². The highest BCUT2D eigenvalue weighted by Gasteiger charge is 2.31. The van der Waals surface area contributed by atoms with Crippen LogP contribution in [0.2, 0.25) is 0 Å². The van der Waals surface area contributed by atoms with Gasteiger partial charge in [0.2, 0.25) is 5.89 Å². The van der Waals surface area contributed by atoms with E-state index >= 15 is 0 Å². The standard InChI is InChI=1S/C16H20FN3O/c1-16(2,12-5-7-13(17)8-6-12)15-19-14(21-20-15)11-4-3-9-18-10-11/h5-8,11,18H,3-4,9-10H2,1-2H3. The molecule has 4 nitrogen and oxygen atoms in total. The highest BCUT2D eigenvalue weighted by molar-refractivity contribution is 5.30. The molecule has 1 atom stereocenters. The molecule has 1 unspecified atom stereocenters. The SMILES string of the molecule is CC(C)(c1ccc(F)cc1)c1noc(C2CCCNC2)n1. The molecule has 1 aromatic heterocycles. The van der Waals surface area contributed by atoms with Crippen LogP contribution in [0.25, 0.3) is 0 Å². The summed E-state index contributed by atoms with van der Waals surface area (Å²) < 4.78 is 18.5. The molecule has 1 aromatic carbocycles. The van der Waals surface area contributed by atoms with Gasteiger partial charge in [0.1, 0.15) is 5.82 Å². The second-order valence-electron chi connectivity index (χ2n) is 6.13. The highest BCUT2D eigenvalue weighted by atomic mass is 19.1. The summed E-state index contributed by atoms with van der Waals surface area (Å²) in [7, 11) is 0. The Morgan fingerprint density at radius 2 is 2.05 bits per heavy atom. The van der Waals surface area contributed by atoms with Crippen LogP contribution in [-0.2, 0) is 5.41 Å². The van der Waals surface area contributed by atoms with Crippen LogP contribution in [0, 0.1) is 5.82 Å². The highest BCUT2D eigenvalue weighted by Crippen LogP contribution is 2.31. The Hall–Kier alpha value is -1.75. The summed E-state index contributed by atoms with van der Waals surface area (Å²) >= 11 is 0. The van der Waals surface area contributed by atoms with Gasteiger partial charge in [0.05, 0.1) is 11.3 Å². The van der Waals surface area contributed by atoms with Crippen molar-refractivity contribution in [1.29, 1.82) is 0 Å². The van der Waals surface area contributed by atoms with E-state index in [0.717, 1.165) is 31.5 Å². The van der Waals surface area contributed by atoms with Crippen LogP contribution in [-0.4, -0.2) is 23.2 Å². The molecule has 0 saturated carbocycles. The van der Waals surface area contributed by atoms with Crippen molar-refractivity contribution in [1.82, 2.24) is 15.5 Å². The van der Waals surface area contributed by atoms with Crippen LogP contribution in [0.4, 0.5) is 4.39 Å². The molecule has 0 amide bonds. The van der Waals surface area contributed by atoms with Gasteiger partial charge < -0.3 is 9.84 Å². The second-order valence-corrected chi connectivity index (χ2v) is 6.13. The first kappa shape index (κ1) is 14.2. The first-order valence-electron chi connectivity index (χ1n) is 7.38. The van der Waals surface area contributed by atoms with Gasteiger partial charge in [-0.1, -0.05) is 17.3 Å². The molecule has 0 spiro atoms. The number of hydrogen-bond donors (Lipinski definition) is 1. The van der Waals surface area contributed by atoms with Crippen LogP contribution in [0.5, 0.6) is 0 Å². The molecular formula is C16H20FN3O. The summed E-state index contributed by atoms with van der Waals surface area (Å²) in [4.78, 5) is 4.59. The Kier molecular flexibility index (Phi) is 3.76. The fourth-order valence-electron chi connectivity index (χ4n) is 2.71. The maximum Gasteiger partial charge on any atom is 0.231 e. The van der Waals surface area contributed by atoms with Crippen molar-refractivity contribution in [3.63, 3.8) is 0 Å². The molecule has 0 radical (unpaired) electrons. The molecule has 112 valence electrons. The number of aromatic nitrogens is 2. The van der Waals surface area contributed by atoms with Crippen LogP contribution in [0.1, 0.15) is 49.9 Å². The smallest absolute Gasteiger partial charge is 0.231 e. The quantitative estimate of drug-likeness (QED) is 0.943. The molecule has 0 aliphatic carbocycles. The van der Waals surface area contributed by atoms with Crippen molar-refractivity contribution in [2.24, 2.45) is 0 Å². The van der Waals surface area contributed by atoms with Crippen molar-refractivity contribution < 1.29 is 8.91 Å². The zero-order valence-electron chi connectivity index (χ0n) is 12.4. The number of benzene rings is 1. The molecule has 1 fully saturated rings. The van der Waals surface area contributed by atoms with E-state index in [0.29, 0.717) is 17.6 Å². The van der Waals surface area contributed by atoms with Crippen molar-refractivity contribution >= 4 is 0 Å². The third-order valence-electron chi connectivity index (χ3n) is 4.21. The van der Waals surface area contributed by atoms with Crippen molar-refractivity contribution in [3.8, 4) is 0 Å². The van der Waals surface area contributed by atoms with Gasteiger partial charge in [0, 0.05) is 6.54 Å². The van der Waals surface area contributed by atoms with Gasteiger partial charge in [-0.2, -0.15) is 4.98 Å². The summed E-state index contributed by atoms with van der Waals surface area (Å²) in [6.07, 6.45) is 2.20. The van der Waals surface area contributed by atoms with Crippen LogP contribution in [0.15, 0.2) is 28.8 Å². The molecule has 1 aliphatic rings. The van der Waals surface area contributed by atoms with E-state index in [9.17, 15) is 4.39 Å². The number of nitrogens with one attached hydrogen (secondary N) is 1. The fourth-order valence-corrected chi connectivity index (χ4v) is 2.71. The van der Waals surface area contributed by atoms with Crippen molar-refractivity contribution in [3.05, 3.63) is 47.4 Å². The molecule has 2 heterocycles. The third kappa shape index (κ3) is 2.83. The van der Waals surface area contributed by atoms with E-state index in [1.165, 1.54) is 12.1 Å². The normalized spacial score (nSPS) is 19.7. The summed E-state index contributed by atoms with van der Waals surface area (Å²) in [5.74, 6) is 1.41. The second kappa shape index (κ2) is 5.56. The third-order valence-corrected chi connectivity index (χ3v) is 4.21. The number of hydrogen-bond acceptors (Lipinski definition) is 4. The molecule has 21 heavy (non-hydrogen) atoms. The molecule has 0 bridgehead atoms. The van der Waals surface area contributed by atoms with Gasteiger partial charge in [0.15, 0.2) is 5.82 Å². The van der Waals surface area contributed by atoms with Crippen LogP contribution >= 0.6 is 0 Å². The molecule has 1 N–H and O–H groups in total. The van der Waals surface area contributed by atoms with Crippen LogP contribution in [0.3, 0.4) is 0 Å². The number of nitrogens with zero attached hydrogens (tertiary/aromatic N) is 2. The average Bonchev–Trinajstić information content (AvgIpc) is 2.99. The largest absolute Gasteiger partial charge is 0.339 e. The maximum absolute atomic E-state index is 13.1. The lowest BCUT2D eigenvalue weighted by Crippen LogP contribution is -2.28. The Morgan fingerprint density at radius 1 is 1.29 bits per heavy atom. The summed E-state index contributed by atoms with van der Waals surface area (Å²) in [6, 6.07) is 6.47. The molecular weight excluding hydrogens is 269 g/mol. The molecule has 3 rings (SSSR count). The predicted octanol–water partition coefficient (Wildman–Crippen LogP) is 3.00. The van der Waals surface area contributed by atoms with Gasteiger partial charge in [-0.05, 0) is 50.9 Å². The van der Waals surface area contributed by atoms with Gasteiger partial charge in [-0.25, -0.2) is 4.39 Å². The lowest BCUT2D eigenvalue weighted by Gasteiger charge is -2.21. The minimum Gasteiger partial charge on any atom is -0.339 e. The Morgan fingerprint density at radius 3 is 2.71 bits per heavy atom. The predicted molar refractivity (Wildman–Crippen MR) is 77.7 cm³/mol. The van der Waals surface area contributed by atoms with E-state index in [-0.39, 0.29) is 5.82 Å². The van der Waals surface area contributed by atoms with E-state index < -0.39 is 5.41 Å². The Bertz CT molecular complexity index is 600. The van der Waals surface area contributed by atoms with E-state index in [2.05, 4.69) is 15.5 Å². The fraction of sp³-hybridized carbons (Fsp3) is 0.500. The van der Waals surface area contributed by atoms with E-state index in [1.54, 1.807) is 12.1 Å². The molecule has 1 saturated heterocycles. The Balaban J connectivity index is 1.85. The van der Waals surface area contributed by atoms with Crippen LogP contribution < -0.4 is 5.32 Å². The summed E-state index contributed by atoms with van der Waals surface area (Å²) in [5, 5.41) is 7.50. The van der Waals surface area contributed by atoms with Crippen molar-refractivity contribution in [2.75, 3.05) is 13.1 Å². The lowest BCUT2D eigenvalue weighted by atomic mass is 9.84. The van der Waals surface area contributed by atoms with Gasteiger partial charge >= 0.3 is 0 Å². The van der Waals surface area contributed by atoms with Crippen molar-refractivity contribution in [2.45, 2.75) is 38.0 Å². The zero-order chi connectivity index (χ0) is 14.9. The van der Waals surface area contributed by atoms with E-state index in [1.807, 2.05) is 13.8 Å². The molecule has 5 heteroatoms. The maximum atomic E-state index is 13.1. The lowest BCUT2D eigenvalue weighted by molar-refractivity contribution is 0.317. The summed E-state index contributed by atoms with van der Waals surface area (Å²) in [5.41, 5.74) is 0.565. The van der Waals surface area contributed by atoms with Gasteiger partial charge in [-0.15, -0.1) is 0 Å². The van der Waals surface area contributed by atoms with Gasteiger partial charge in [-0.3, -0.25) is 0 Å². The number of halogens is 1. The van der Waals surface area contributed by atoms with E-state index in [4.69, 9.17) is 4.52 Å². The summed E-state index contributed by atoms with van der Waals surface area (Å²) in [6.45, 7) is 5.99. The Labute approximate surface area is 123 Å². The number of rotatable bonds is 3. The molecule has 1 aliphatic heterocycles. The topological polar surface area (TPSA) is 51.0 Å².